The summed E-state index contributed by atoms with van der Waals surface area (Å²) in [5.74, 6) is -1.05. The molecule has 2 aromatic rings. The molecule has 2 unspecified atom stereocenters. The molecule has 0 saturated heterocycles. The highest BCUT2D eigenvalue weighted by atomic mass is 19.1. The molecule has 3 rings (SSSR count). The Hall–Kier alpha value is -2.80. The molecule has 1 saturated carbocycles. The average molecular weight is 413 g/mol. The summed E-state index contributed by atoms with van der Waals surface area (Å²) in [5.41, 5.74) is 2.02. The molecule has 0 spiro atoms. The van der Waals surface area contributed by atoms with Crippen molar-refractivity contribution < 1.29 is 19.1 Å². The number of pyridine rings is 1. The molecule has 1 aromatic carbocycles. The van der Waals surface area contributed by atoms with Crippen LogP contribution < -0.4 is 10.6 Å². The summed E-state index contributed by atoms with van der Waals surface area (Å²) in [6.45, 7) is 5.36. The Bertz CT molecular complexity index is 926. The molecule has 2 atom stereocenters. The molecule has 7 heteroatoms. The zero-order valence-corrected chi connectivity index (χ0v) is 17.5. The Morgan fingerprint density at radius 2 is 1.97 bits per heavy atom. The van der Waals surface area contributed by atoms with Crippen molar-refractivity contribution in [3.63, 3.8) is 0 Å². The molecule has 2 amide bonds. The first-order chi connectivity index (χ1) is 14.3. The molecule has 160 valence electrons. The van der Waals surface area contributed by atoms with Crippen molar-refractivity contribution in [1.29, 1.82) is 0 Å². The predicted molar refractivity (Wildman–Crippen MR) is 113 cm³/mol. The van der Waals surface area contributed by atoms with E-state index in [2.05, 4.69) is 15.6 Å². The fourth-order valence-electron chi connectivity index (χ4n) is 3.20. The van der Waals surface area contributed by atoms with Crippen molar-refractivity contribution in [3.8, 4) is 11.3 Å². The highest BCUT2D eigenvalue weighted by molar-refractivity contribution is 5.96. The molecule has 1 aliphatic carbocycles. The number of aliphatic hydroxyl groups excluding tert-OH is 1. The third-order valence-electron chi connectivity index (χ3n) is 5.30. The number of amides is 2. The minimum absolute atomic E-state index is 0.176. The minimum atomic E-state index is -0.472. The van der Waals surface area contributed by atoms with E-state index < -0.39 is 11.9 Å². The molecule has 0 radical (unpaired) electrons. The molecule has 1 aromatic heterocycles. The average Bonchev–Trinajstić information content (AvgIpc) is 3.53. The molecule has 3 N–H and O–H groups in total. The third kappa shape index (κ3) is 5.42. The Labute approximate surface area is 175 Å². The van der Waals surface area contributed by atoms with Gasteiger partial charge in [-0.05, 0) is 69.4 Å². The molecule has 6 nitrogen and oxygen atoms in total. The quantitative estimate of drug-likeness (QED) is 0.619. The van der Waals surface area contributed by atoms with Crippen molar-refractivity contribution in [2.75, 3.05) is 0 Å². The van der Waals surface area contributed by atoms with Crippen molar-refractivity contribution in [2.24, 2.45) is 0 Å². The van der Waals surface area contributed by atoms with Crippen LogP contribution in [0.3, 0.4) is 0 Å². The molecule has 1 fully saturated rings. The van der Waals surface area contributed by atoms with E-state index >= 15 is 0 Å². The summed E-state index contributed by atoms with van der Waals surface area (Å²) in [4.78, 5) is 29.0. The fraction of sp³-hybridized carbons (Fsp3) is 0.435. The number of aromatic nitrogens is 1. The number of nitrogens with one attached hydrogen (secondary N) is 2. The van der Waals surface area contributed by atoms with Crippen molar-refractivity contribution in [2.45, 2.75) is 64.6 Å². The lowest BCUT2D eigenvalue weighted by atomic mass is 10.00. The van der Waals surface area contributed by atoms with Gasteiger partial charge in [-0.1, -0.05) is 6.92 Å². The topological polar surface area (TPSA) is 91.3 Å². The van der Waals surface area contributed by atoms with Crippen LogP contribution in [0.1, 0.15) is 65.8 Å². The van der Waals surface area contributed by atoms with Gasteiger partial charge in [0, 0.05) is 29.4 Å². The van der Waals surface area contributed by atoms with Gasteiger partial charge in [0.25, 0.3) is 11.8 Å². The van der Waals surface area contributed by atoms with E-state index in [0.29, 0.717) is 35.2 Å². The van der Waals surface area contributed by atoms with Gasteiger partial charge in [-0.25, -0.2) is 4.39 Å². The van der Waals surface area contributed by atoms with E-state index in [1.807, 2.05) is 13.8 Å². The first-order valence-corrected chi connectivity index (χ1v) is 10.3. The molecule has 1 aliphatic rings. The number of hydrogen-bond donors (Lipinski definition) is 3. The lowest BCUT2D eigenvalue weighted by Gasteiger charge is -2.17. The van der Waals surface area contributed by atoms with Crippen LogP contribution in [0.5, 0.6) is 0 Å². The van der Waals surface area contributed by atoms with Crippen LogP contribution in [0.2, 0.25) is 0 Å². The maximum Gasteiger partial charge on any atom is 0.253 e. The number of rotatable bonds is 8. The maximum atomic E-state index is 14.4. The van der Waals surface area contributed by atoms with Crippen molar-refractivity contribution in [1.82, 2.24) is 15.6 Å². The molecular formula is C23H28FN3O3. The van der Waals surface area contributed by atoms with Gasteiger partial charge in [-0.15, -0.1) is 0 Å². The molecule has 1 heterocycles. The number of nitrogens with zero attached hydrogens (tertiary/aromatic N) is 1. The number of halogens is 1. The zero-order chi connectivity index (χ0) is 21.8. The van der Waals surface area contributed by atoms with Gasteiger partial charge in [-0.3, -0.25) is 14.6 Å². The number of benzene rings is 1. The van der Waals surface area contributed by atoms with E-state index in [0.717, 1.165) is 12.8 Å². The van der Waals surface area contributed by atoms with Crippen molar-refractivity contribution >= 4 is 11.8 Å². The van der Waals surface area contributed by atoms with Crippen LogP contribution in [0.15, 0.2) is 30.5 Å². The summed E-state index contributed by atoms with van der Waals surface area (Å²) in [6, 6.07) is 6.14. The second-order valence-electron chi connectivity index (χ2n) is 7.98. The first-order valence-electron chi connectivity index (χ1n) is 10.3. The first kappa shape index (κ1) is 21.9. The van der Waals surface area contributed by atoms with Crippen LogP contribution in [-0.4, -0.2) is 40.1 Å². The standard InChI is InChI=1S/C23H28FN3O3/c1-4-18(28)9-13(2)26-22(29)15-5-8-21(25-12-15)19-10-16(11-20(24)14(19)3)23(30)27-17-6-7-17/h5,8,10-13,17-18,28H,4,6-7,9H2,1-3H3,(H,26,29)(H,27,30). The van der Waals surface area contributed by atoms with Crippen LogP contribution in [0.4, 0.5) is 4.39 Å². The second-order valence-corrected chi connectivity index (χ2v) is 7.98. The van der Waals surface area contributed by atoms with E-state index in [1.165, 1.54) is 12.3 Å². The fourth-order valence-corrected chi connectivity index (χ4v) is 3.20. The van der Waals surface area contributed by atoms with E-state index in [1.54, 1.807) is 25.1 Å². The van der Waals surface area contributed by atoms with Crippen LogP contribution in [0, 0.1) is 12.7 Å². The SMILES string of the molecule is CCC(O)CC(C)NC(=O)c1ccc(-c2cc(C(=O)NC3CC3)cc(F)c2C)nc1. The largest absolute Gasteiger partial charge is 0.393 e. The monoisotopic (exact) mass is 413 g/mol. The molecule has 0 bridgehead atoms. The number of carbonyl (C=O) groups is 2. The smallest absolute Gasteiger partial charge is 0.253 e. The lowest BCUT2D eigenvalue weighted by Crippen LogP contribution is -2.35. The Balaban J connectivity index is 1.76. The second kappa shape index (κ2) is 9.34. The summed E-state index contributed by atoms with van der Waals surface area (Å²) >= 11 is 0. The Morgan fingerprint density at radius 3 is 2.57 bits per heavy atom. The zero-order valence-electron chi connectivity index (χ0n) is 17.5. The number of carbonyl (C=O) groups excluding carboxylic acids is 2. The predicted octanol–water partition coefficient (Wildman–Crippen LogP) is 3.37. The van der Waals surface area contributed by atoms with Gasteiger partial charge in [-0.2, -0.15) is 0 Å². The molecular weight excluding hydrogens is 385 g/mol. The highest BCUT2D eigenvalue weighted by Gasteiger charge is 2.25. The van der Waals surface area contributed by atoms with Crippen LogP contribution in [0.25, 0.3) is 11.3 Å². The number of aliphatic hydroxyl groups is 1. The molecule has 0 aliphatic heterocycles. The summed E-state index contributed by atoms with van der Waals surface area (Å²) < 4.78 is 14.4. The van der Waals surface area contributed by atoms with Gasteiger partial charge in [0.1, 0.15) is 5.82 Å². The van der Waals surface area contributed by atoms with Crippen LogP contribution in [-0.2, 0) is 0 Å². The maximum absolute atomic E-state index is 14.4. The van der Waals surface area contributed by atoms with E-state index in [9.17, 15) is 19.1 Å². The summed E-state index contributed by atoms with van der Waals surface area (Å²) in [6.07, 6.45) is 3.99. The normalized spacial score (nSPS) is 15.4. The highest BCUT2D eigenvalue weighted by Crippen LogP contribution is 2.26. The summed E-state index contributed by atoms with van der Waals surface area (Å²) in [5, 5.41) is 15.4. The molecule has 30 heavy (non-hydrogen) atoms. The minimum Gasteiger partial charge on any atom is -0.393 e. The Kier molecular flexibility index (Phi) is 6.82. The van der Waals surface area contributed by atoms with Gasteiger partial charge >= 0.3 is 0 Å². The lowest BCUT2D eigenvalue weighted by molar-refractivity contribution is 0.0913. The van der Waals surface area contributed by atoms with E-state index in [4.69, 9.17) is 0 Å². The van der Waals surface area contributed by atoms with Gasteiger partial charge in [0.05, 0.1) is 17.4 Å². The Morgan fingerprint density at radius 1 is 1.23 bits per heavy atom. The van der Waals surface area contributed by atoms with Gasteiger partial charge in [0.2, 0.25) is 0 Å². The van der Waals surface area contributed by atoms with Gasteiger partial charge in [0.15, 0.2) is 0 Å². The van der Waals surface area contributed by atoms with E-state index in [-0.39, 0.29) is 29.5 Å². The van der Waals surface area contributed by atoms with Gasteiger partial charge < -0.3 is 15.7 Å². The van der Waals surface area contributed by atoms with Crippen LogP contribution >= 0.6 is 0 Å². The summed E-state index contributed by atoms with van der Waals surface area (Å²) in [7, 11) is 0. The van der Waals surface area contributed by atoms with Crippen molar-refractivity contribution in [3.05, 3.63) is 53.0 Å². The number of hydrogen-bond acceptors (Lipinski definition) is 4. The third-order valence-corrected chi connectivity index (χ3v) is 5.30.